The van der Waals surface area contributed by atoms with E-state index >= 15 is 0 Å². The lowest BCUT2D eigenvalue weighted by atomic mass is 10.0. The van der Waals surface area contributed by atoms with Crippen LogP contribution in [0.5, 0.6) is 0 Å². The van der Waals surface area contributed by atoms with Crippen LogP contribution in [0.25, 0.3) is 27.0 Å². The van der Waals surface area contributed by atoms with Gasteiger partial charge in [-0.3, -0.25) is 14.3 Å². The van der Waals surface area contributed by atoms with Gasteiger partial charge in [0.05, 0.1) is 11.4 Å². The highest BCUT2D eigenvalue weighted by Gasteiger charge is 2.30. The highest BCUT2D eigenvalue weighted by atomic mass is 32.1. The number of alkyl halides is 4. The number of thiophene rings is 1. The number of anilines is 1. The van der Waals surface area contributed by atoms with Crippen molar-refractivity contribution in [2.75, 3.05) is 5.32 Å². The fourth-order valence-electron chi connectivity index (χ4n) is 4.73. The number of nitrogens with zero attached hydrogens (tertiary/aromatic N) is 6. The van der Waals surface area contributed by atoms with Crippen molar-refractivity contribution in [1.29, 1.82) is 0 Å². The summed E-state index contributed by atoms with van der Waals surface area (Å²) in [5.74, 6) is -1.67. The Bertz CT molecular complexity index is 1860. The van der Waals surface area contributed by atoms with E-state index in [0.29, 0.717) is 23.5 Å². The first kappa shape index (κ1) is 26.8. The molecule has 0 atom stereocenters. The number of carbonyl (C=O) groups excluding carboxylic acids is 2. The second-order valence-corrected chi connectivity index (χ2v) is 10.7. The third kappa shape index (κ3) is 4.69. The normalized spacial score (nSPS) is 13.7. The van der Waals surface area contributed by atoms with Crippen molar-refractivity contribution in [3.8, 4) is 11.1 Å². The van der Waals surface area contributed by atoms with Gasteiger partial charge in [-0.25, -0.2) is 32.0 Å². The van der Waals surface area contributed by atoms with Crippen molar-refractivity contribution < 1.29 is 27.2 Å². The molecule has 5 aromatic heterocycles. The predicted octanol–water partition coefficient (Wildman–Crippen LogP) is 5.63. The van der Waals surface area contributed by atoms with Gasteiger partial charge in [-0.05, 0) is 44.4 Å². The summed E-state index contributed by atoms with van der Waals surface area (Å²) in [6.07, 6.45) is -2.42. The van der Waals surface area contributed by atoms with Crippen LogP contribution in [0.3, 0.4) is 0 Å². The Labute approximate surface area is 233 Å². The number of fused-ring (bicyclic) bond motifs is 2. The van der Waals surface area contributed by atoms with Crippen molar-refractivity contribution >= 4 is 44.7 Å². The fourth-order valence-corrected chi connectivity index (χ4v) is 5.74. The molecule has 1 aliphatic carbocycles. The zero-order valence-electron chi connectivity index (χ0n) is 21.7. The number of hydrogen-bond donors (Lipinski definition) is 2. The van der Waals surface area contributed by atoms with Gasteiger partial charge in [0.1, 0.15) is 21.1 Å². The molecule has 212 valence electrons. The van der Waals surface area contributed by atoms with Crippen molar-refractivity contribution in [1.82, 2.24) is 29.4 Å². The van der Waals surface area contributed by atoms with Gasteiger partial charge in [-0.2, -0.15) is 10.2 Å². The van der Waals surface area contributed by atoms with Gasteiger partial charge in [-0.15, -0.1) is 11.3 Å². The lowest BCUT2D eigenvalue weighted by Gasteiger charge is -2.10. The maximum atomic E-state index is 13.8. The van der Waals surface area contributed by atoms with Crippen LogP contribution < -0.4 is 11.1 Å². The van der Waals surface area contributed by atoms with E-state index in [1.54, 1.807) is 17.8 Å². The molecule has 6 rings (SSSR count). The molecule has 10 nitrogen and oxygen atoms in total. The molecule has 2 amide bonds. The number of aryl methyl sites for hydroxylation is 2. The van der Waals surface area contributed by atoms with Crippen LogP contribution in [0.4, 0.5) is 23.2 Å². The lowest BCUT2D eigenvalue weighted by Crippen LogP contribution is -2.17. The van der Waals surface area contributed by atoms with Gasteiger partial charge in [0.2, 0.25) is 0 Å². The lowest BCUT2D eigenvalue weighted by molar-refractivity contribution is 0.100. The molecule has 0 spiro atoms. The Morgan fingerprint density at radius 1 is 1.10 bits per heavy atom. The minimum absolute atomic E-state index is 0.0489. The molecule has 0 radical (unpaired) electrons. The number of amides is 2. The van der Waals surface area contributed by atoms with E-state index in [1.807, 2.05) is 6.92 Å². The van der Waals surface area contributed by atoms with E-state index in [1.165, 1.54) is 18.2 Å². The summed E-state index contributed by atoms with van der Waals surface area (Å²) in [5, 5.41) is 11.3. The SMILES string of the molecule is CCn1cc(-c2cc(C(F)F)nc3sc(C(N)=O)c(NC(=O)c4cc5nc(C6CC6)cc(C(F)F)n5n4)c23)c(C)n1. The monoisotopic (exact) mass is 586 g/mol. The van der Waals surface area contributed by atoms with Gasteiger partial charge in [0, 0.05) is 41.4 Å². The first-order valence-corrected chi connectivity index (χ1v) is 13.5. The standard InChI is InChI=1S/C26H22F4N8O2S/c1-3-37-9-13(10(2)35-37)12-6-15(22(27)28)33-26-19(12)20(21(41-26)24(31)39)34-25(40)16-8-18-32-14(11-4-5-11)7-17(23(29)30)38(18)36-16/h6-9,11,22-23H,3-5H2,1-2H3,(H2,31,39)(H,34,40). The van der Waals surface area contributed by atoms with Crippen LogP contribution >= 0.6 is 11.3 Å². The molecule has 5 aromatic rings. The Kier molecular flexibility index (Phi) is 6.47. The highest BCUT2D eigenvalue weighted by molar-refractivity contribution is 7.21. The maximum absolute atomic E-state index is 13.8. The first-order chi connectivity index (χ1) is 19.5. The van der Waals surface area contributed by atoms with E-state index in [-0.39, 0.29) is 43.6 Å². The quantitative estimate of drug-likeness (QED) is 0.226. The molecular weight excluding hydrogens is 564 g/mol. The van der Waals surface area contributed by atoms with Gasteiger partial charge < -0.3 is 11.1 Å². The first-order valence-electron chi connectivity index (χ1n) is 12.7. The van der Waals surface area contributed by atoms with Crippen molar-refractivity contribution in [2.45, 2.75) is 52.0 Å². The van der Waals surface area contributed by atoms with E-state index in [9.17, 15) is 27.2 Å². The minimum Gasteiger partial charge on any atom is -0.365 e. The zero-order valence-corrected chi connectivity index (χ0v) is 22.5. The number of halogens is 4. The molecule has 0 unspecified atom stereocenters. The molecule has 15 heteroatoms. The van der Waals surface area contributed by atoms with Crippen LogP contribution in [0.1, 0.15) is 81.5 Å². The van der Waals surface area contributed by atoms with E-state index < -0.39 is 36.1 Å². The highest BCUT2D eigenvalue weighted by Crippen LogP contribution is 2.43. The predicted molar refractivity (Wildman–Crippen MR) is 143 cm³/mol. The van der Waals surface area contributed by atoms with Crippen LogP contribution in [0, 0.1) is 6.92 Å². The molecule has 0 bridgehead atoms. The number of primary amides is 1. The van der Waals surface area contributed by atoms with Crippen molar-refractivity contribution in [3.05, 3.63) is 57.7 Å². The Morgan fingerprint density at radius 3 is 2.46 bits per heavy atom. The number of nitrogens with two attached hydrogens (primary N) is 1. The third-order valence-corrected chi connectivity index (χ3v) is 7.95. The number of rotatable bonds is 8. The molecule has 3 N–H and O–H groups in total. The summed E-state index contributed by atoms with van der Waals surface area (Å²) in [5.41, 5.74) is 6.28. The number of aromatic nitrogens is 6. The molecule has 41 heavy (non-hydrogen) atoms. The molecule has 1 fully saturated rings. The zero-order chi connectivity index (χ0) is 29.2. The summed E-state index contributed by atoms with van der Waals surface area (Å²) >= 11 is 0.753. The Morgan fingerprint density at radius 2 is 1.85 bits per heavy atom. The molecule has 0 aliphatic heterocycles. The maximum Gasteiger partial charge on any atom is 0.280 e. The van der Waals surface area contributed by atoms with Gasteiger partial charge >= 0.3 is 0 Å². The molecule has 0 aromatic carbocycles. The van der Waals surface area contributed by atoms with E-state index in [0.717, 1.165) is 28.7 Å². The van der Waals surface area contributed by atoms with Crippen LogP contribution in [0.15, 0.2) is 24.4 Å². The largest absolute Gasteiger partial charge is 0.365 e. The fraction of sp³-hybridized carbons (Fsp3) is 0.308. The Balaban J connectivity index is 1.50. The average molecular weight is 587 g/mol. The molecule has 1 aliphatic rings. The molecular formula is C26H22F4N8O2S. The number of pyridine rings is 1. The van der Waals surface area contributed by atoms with Crippen LogP contribution in [-0.4, -0.2) is 41.2 Å². The van der Waals surface area contributed by atoms with E-state index in [4.69, 9.17) is 5.73 Å². The Hall–Kier alpha value is -4.40. The van der Waals surface area contributed by atoms with Crippen molar-refractivity contribution in [3.63, 3.8) is 0 Å². The molecule has 0 saturated heterocycles. The summed E-state index contributed by atoms with van der Waals surface area (Å²) < 4.78 is 57.9. The number of hydrogen-bond acceptors (Lipinski definition) is 7. The summed E-state index contributed by atoms with van der Waals surface area (Å²) in [6.45, 7) is 4.08. The van der Waals surface area contributed by atoms with E-state index in [2.05, 4.69) is 25.5 Å². The van der Waals surface area contributed by atoms with Crippen LogP contribution in [0.2, 0.25) is 0 Å². The molecule has 5 heterocycles. The van der Waals surface area contributed by atoms with Gasteiger partial charge in [0.25, 0.3) is 24.7 Å². The van der Waals surface area contributed by atoms with Gasteiger partial charge in [-0.1, -0.05) is 0 Å². The summed E-state index contributed by atoms with van der Waals surface area (Å²) in [4.78, 5) is 34.2. The topological polar surface area (TPSA) is 133 Å². The smallest absolute Gasteiger partial charge is 0.280 e. The van der Waals surface area contributed by atoms with Crippen molar-refractivity contribution in [2.24, 2.45) is 5.73 Å². The average Bonchev–Trinajstić information content (AvgIpc) is 3.42. The third-order valence-electron chi connectivity index (χ3n) is 6.85. The van der Waals surface area contributed by atoms with Gasteiger partial charge in [0.15, 0.2) is 11.3 Å². The summed E-state index contributed by atoms with van der Waals surface area (Å²) in [7, 11) is 0. The summed E-state index contributed by atoms with van der Waals surface area (Å²) in [6, 6.07) is 3.75. The number of nitrogens with one attached hydrogen (secondary N) is 1. The second kappa shape index (κ2) is 9.90. The van der Waals surface area contributed by atoms with Crippen LogP contribution in [-0.2, 0) is 6.54 Å². The second-order valence-electron chi connectivity index (χ2n) is 9.66. The molecule has 1 saturated carbocycles. The minimum atomic E-state index is -2.91. The number of carbonyl (C=O) groups is 2.